The lowest BCUT2D eigenvalue weighted by Crippen LogP contribution is -2.34. The van der Waals surface area contributed by atoms with Crippen molar-refractivity contribution in [1.82, 2.24) is 5.16 Å². The van der Waals surface area contributed by atoms with Gasteiger partial charge < -0.3 is 18.9 Å². The third-order valence-electron chi connectivity index (χ3n) is 5.54. The number of para-hydroxylation sites is 1. The molecule has 6 nitrogen and oxygen atoms in total. The van der Waals surface area contributed by atoms with Crippen molar-refractivity contribution in [1.29, 1.82) is 0 Å². The molecule has 1 aromatic heterocycles. The Morgan fingerprint density at radius 3 is 2.81 bits per heavy atom. The van der Waals surface area contributed by atoms with E-state index in [-0.39, 0.29) is 5.91 Å². The van der Waals surface area contributed by atoms with Gasteiger partial charge in [0, 0.05) is 18.3 Å². The van der Waals surface area contributed by atoms with Crippen molar-refractivity contribution in [3.05, 3.63) is 76.7 Å². The van der Waals surface area contributed by atoms with Crippen molar-refractivity contribution in [3.8, 4) is 11.5 Å². The predicted octanol–water partition coefficient (Wildman–Crippen LogP) is 4.87. The molecule has 1 amide bonds. The number of hydrogen-bond donors (Lipinski definition) is 0. The molecule has 31 heavy (non-hydrogen) atoms. The van der Waals surface area contributed by atoms with E-state index in [1.54, 1.807) is 19.3 Å². The molecule has 160 valence electrons. The highest BCUT2D eigenvalue weighted by Gasteiger charge is 2.20. The zero-order valence-electron chi connectivity index (χ0n) is 18.1. The highest BCUT2D eigenvalue weighted by Crippen LogP contribution is 2.30. The second-order valence-electron chi connectivity index (χ2n) is 7.56. The van der Waals surface area contributed by atoms with Gasteiger partial charge in [-0.2, -0.15) is 0 Å². The smallest absolute Gasteiger partial charge is 0.250 e. The number of carbonyl (C=O) groups excluding carboxylic acids is 1. The zero-order valence-corrected chi connectivity index (χ0v) is 18.1. The Hall–Kier alpha value is -3.54. The Morgan fingerprint density at radius 2 is 2.03 bits per heavy atom. The van der Waals surface area contributed by atoms with E-state index in [4.69, 9.17) is 14.0 Å². The third-order valence-corrected chi connectivity index (χ3v) is 5.54. The summed E-state index contributed by atoms with van der Waals surface area (Å²) in [4.78, 5) is 14.7. The van der Waals surface area contributed by atoms with Crippen molar-refractivity contribution in [3.63, 3.8) is 0 Å². The number of aryl methyl sites for hydroxylation is 3. The van der Waals surface area contributed by atoms with Gasteiger partial charge in [0.15, 0.2) is 11.5 Å². The molecule has 4 rings (SSSR count). The summed E-state index contributed by atoms with van der Waals surface area (Å²) >= 11 is 0. The molecular formula is C25H26N2O4. The molecule has 6 heteroatoms. The van der Waals surface area contributed by atoms with Gasteiger partial charge >= 0.3 is 0 Å². The number of carbonyl (C=O) groups is 1. The summed E-state index contributed by atoms with van der Waals surface area (Å²) in [6.07, 6.45) is 5.40. The SMILES string of the molecule is COc1cc(C=CC(=O)N2CCCc3ccccc32)ccc1OCc1c(C)noc1C. The van der Waals surface area contributed by atoms with E-state index >= 15 is 0 Å². The molecule has 0 atom stereocenters. The van der Waals surface area contributed by atoms with Crippen LogP contribution >= 0.6 is 0 Å². The standard InChI is InChI=1S/C25H26N2O4/c1-17-21(18(2)31-26-17)16-30-23-12-10-19(15-24(23)29-3)11-13-25(28)27-14-6-8-20-7-4-5-9-22(20)27/h4-5,7,9-13,15H,6,8,14,16H2,1-3H3. The van der Waals surface area contributed by atoms with Crippen LogP contribution in [0.3, 0.4) is 0 Å². The van der Waals surface area contributed by atoms with E-state index in [2.05, 4.69) is 11.2 Å². The number of benzene rings is 2. The van der Waals surface area contributed by atoms with Crippen LogP contribution < -0.4 is 14.4 Å². The average Bonchev–Trinajstić information content (AvgIpc) is 3.12. The Bertz CT molecular complexity index is 1100. The molecule has 0 spiro atoms. The van der Waals surface area contributed by atoms with Crippen molar-refractivity contribution in [2.24, 2.45) is 0 Å². The van der Waals surface area contributed by atoms with Crippen LogP contribution in [0.15, 0.2) is 53.1 Å². The van der Waals surface area contributed by atoms with Gasteiger partial charge in [0.2, 0.25) is 0 Å². The van der Waals surface area contributed by atoms with Crippen molar-refractivity contribution in [2.75, 3.05) is 18.6 Å². The van der Waals surface area contributed by atoms with Gasteiger partial charge in [-0.05, 0) is 62.1 Å². The summed E-state index contributed by atoms with van der Waals surface area (Å²) in [7, 11) is 1.60. The van der Waals surface area contributed by atoms with E-state index in [9.17, 15) is 4.79 Å². The van der Waals surface area contributed by atoms with E-state index in [0.717, 1.165) is 47.7 Å². The Balaban J connectivity index is 1.47. The van der Waals surface area contributed by atoms with Gasteiger partial charge in [-0.3, -0.25) is 4.79 Å². The first kappa shape index (κ1) is 20.7. The quantitative estimate of drug-likeness (QED) is 0.534. The normalized spacial score (nSPS) is 13.3. The highest BCUT2D eigenvalue weighted by atomic mass is 16.5. The van der Waals surface area contributed by atoms with E-state index in [1.807, 2.05) is 55.1 Å². The van der Waals surface area contributed by atoms with Gasteiger partial charge in [0.25, 0.3) is 5.91 Å². The van der Waals surface area contributed by atoms with Crippen LogP contribution in [0.2, 0.25) is 0 Å². The van der Waals surface area contributed by atoms with E-state index in [1.165, 1.54) is 5.56 Å². The molecule has 3 aromatic rings. The number of fused-ring (bicyclic) bond motifs is 1. The molecule has 0 radical (unpaired) electrons. The van der Waals surface area contributed by atoms with Crippen LogP contribution in [0.25, 0.3) is 6.08 Å². The molecule has 0 N–H and O–H groups in total. The minimum absolute atomic E-state index is 0.0233. The molecule has 1 aliphatic heterocycles. The molecular weight excluding hydrogens is 392 g/mol. The first-order valence-electron chi connectivity index (χ1n) is 10.4. The summed E-state index contributed by atoms with van der Waals surface area (Å²) in [6, 6.07) is 13.7. The van der Waals surface area contributed by atoms with Crippen LogP contribution in [0, 0.1) is 13.8 Å². The van der Waals surface area contributed by atoms with E-state index in [0.29, 0.717) is 18.1 Å². The maximum atomic E-state index is 12.8. The number of rotatable bonds is 6. The van der Waals surface area contributed by atoms with Crippen LogP contribution in [-0.2, 0) is 17.8 Å². The summed E-state index contributed by atoms with van der Waals surface area (Å²) in [5.74, 6) is 1.94. The number of anilines is 1. The summed E-state index contributed by atoms with van der Waals surface area (Å²) in [5.41, 5.74) is 4.83. The lowest BCUT2D eigenvalue weighted by atomic mass is 10.0. The highest BCUT2D eigenvalue weighted by molar-refractivity contribution is 6.04. The van der Waals surface area contributed by atoms with Crippen LogP contribution in [0.5, 0.6) is 11.5 Å². The Morgan fingerprint density at radius 1 is 1.19 bits per heavy atom. The second-order valence-corrected chi connectivity index (χ2v) is 7.56. The first-order valence-corrected chi connectivity index (χ1v) is 10.4. The fraction of sp³-hybridized carbons (Fsp3) is 0.280. The van der Waals surface area contributed by atoms with Gasteiger partial charge in [-0.25, -0.2) is 0 Å². The number of methoxy groups -OCH3 is 1. The molecule has 2 aromatic carbocycles. The molecule has 0 saturated carbocycles. The Labute approximate surface area is 182 Å². The fourth-order valence-electron chi connectivity index (χ4n) is 3.78. The summed E-state index contributed by atoms with van der Waals surface area (Å²) in [6.45, 7) is 4.83. The number of ether oxygens (including phenoxy) is 2. The zero-order chi connectivity index (χ0) is 21.8. The van der Waals surface area contributed by atoms with Crippen molar-refractivity contribution in [2.45, 2.75) is 33.3 Å². The van der Waals surface area contributed by atoms with E-state index < -0.39 is 0 Å². The molecule has 0 aliphatic carbocycles. The van der Waals surface area contributed by atoms with Crippen molar-refractivity contribution >= 4 is 17.7 Å². The molecule has 2 heterocycles. The molecule has 0 fully saturated rings. The lowest BCUT2D eigenvalue weighted by Gasteiger charge is -2.28. The molecule has 0 unspecified atom stereocenters. The monoisotopic (exact) mass is 418 g/mol. The minimum atomic E-state index is -0.0233. The van der Waals surface area contributed by atoms with Crippen LogP contribution in [0.1, 0.15) is 34.6 Å². The molecule has 0 bridgehead atoms. The largest absolute Gasteiger partial charge is 0.493 e. The third kappa shape index (κ3) is 4.48. The van der Waals surface area contributed by atoms with Gasteiger partial charge in [-0.15, -0.1) is 0 Å². The maximum Gasteiger partial charge on any atom is 0.250 e. The number of aromatic nitrogens is 1. The maximum absolute atomic E-state index is 12.8. The lowest BCUT2D eigenvalue weighted by molar-refractivity contribution is -0.114. The fourth-order valence-corrected chi connectivity index (χ4v) is 3.78. The second kappa shape index (κ2) is 9.08. The predicted molar refractivity (Wildman–Crippen MR) is 119 cm³/mol. The number of amides is 1. The van der Waals surface area contributed by atoms with Gasteiger partial charge in [-0.1, -0.05) is 29.4 Å². The first-order chi connectivity index (χ1) is 15.1. The van der Waals surface area contributed by atoms with Crippen LogP contribution in [-0.4, -0.2) is 24.7 Å². The Kier molecular flexibility index (Phi) is 6.07. The summed E-state index contributed by atoms with van der Waals surface area (Å²) in [5, 5.41) is 3.95. The minimum Gasteiger partial charge on any atom is -0.493 e. The van der Waals surface area contributed by atoms with Crippen LogP contribution in [0.4, 0.5) is 5.69 Å². The number of nitrogens with zero attached hydrogens (tertiary/aromatic N) is 2. The molecule has 0 saturated heterocycles. The van der Waals surface area contributed by atoms with Gasteiger partial charge in [0.05, 0.1) is 18.4 Å². The topological polar surface area (TPSA) is 64.8 Å². The molecule has 1 aliphatic rings. The van der Waals surface area contributed by atoms with Gasteiger partial charge in [0.1, 0.15) is 12.4 Å². The van der Waals surface area contributed by atoms with Crippen molar-refractivity contribution < 1.29 is 18.8 Å². The summed E-state index contributed by atoms with van der Waals surface area (Å²) < 4.78 is 16.6. The average molecular weight is 418 g/mol. The number of hydrogen-bond acceptors (Lipinski definition) is 5.